The summed E-state index contributed by atoms with van der Waals surface area (Å²) in [6, 6.07) is 4.87. The fourth-order valence-corrected chi connectivity index (χ4v) is 1.86. The van der Waals surface area contributed by atoms with Crippen molar-refractivity contribution < 1.29 is 19.1 Å². The number of hydrogen-bond donors (Lipinski definition) is 1. The van der Waals surface area contributed by atoms with Crippen LogP contribution < -0.4 is 5.73 Å². The number of rotatable bonds is 5. The number of carbonyl (C=O) groups excluding carboxylic acids is 2. The molecule has 104 valence electrons. The van der Waals surface area contributed by atoms with E-state index in [4.69, 9.17) is 15.2 Å². The lowest BCUT2D eigenvalue weighted by Gasteiger charge is -2.15. The van der Waals surface area contributed by atoms with E-state index < -0.39 is 18.0 Å². The van der Waals surface area contributed by atoms with E-state index in [0.717, 1.165) is 0 Å². The van der Waals surface area contributed by atoms with Crippen molar-refractivity contribution in [2.45, 2.75) is 26.4 Å². The highest BCUT2D eigenvalue weighted by Gasteiger charge is 2.24. The van der Waals surface area contributed by atoms with Gasteiger partial charge in [-0.2, -0.15) is 0 Å². The molecule has 6 heteroatoms. The SMILES string of the molecule is CCOC(=O)C(CC)OC(=O)c1cccc(N)c1Br. The van der Waals surface area contributed by atoms with Crippen molar-refractivity contribution in [1.29, 1.82) is 0 Å². The van der Waals surface area contributed by atoms with E-state index >= 15 is 0 Å². The Hall–Kier alpha value is -1.56. The van der Waals surface area contributed by atoms with E-state index in [2.05, 4.69) is 15.9 Å². The quantitative estimate of drug-likeness (QED) is 0.663. The number of benzene rings is 1. The fraction of sp³-hybridized carbons (Fsp3) is 0.385. The Labute approximate surface area is 120 Å². The van der Waals surface area contributed by atoms with E-state index in [1.54, 1.807) is 32.0 Å². The van der Waals surface area contributed by atoms with Crippen LogP contribution in [0.2, 0.25) is 0 Å². The molecule has 0 spiro atoms. The maximum absolute atomic E-state index is 12.0. The molecule has 1 rings (SSSR count). The number of esters is 2. The highest BCUT2D eigenvalue weighted by molar-refractivity contribution is 9.10. The lowest BCUT2D eigenvalue weighted by Crippen LogP contribution is -2.28. The third-order valence-electron chi connectivity index (χ3n) is 2.42. The molecule has 19 heavy (non-hydrogen) atoms. The van der Waals surface area contributed by atoms with Gasteiger partial charge in [0.2, 0.25) is 0 Å². The van der Waals surface area contributed by atoms with Gasteiger partial charge in [-0.15, -0.1) is 0 Å². The first kappa shape index (κ1) is 15.5. The first-order valence-corrected chi connectivity index (χ1v) is 6.72. The molecule has 0 aliphatic rings. The molecule has 0 aromatic heterocycles. The van der Waals surface area contributed by atoms with Gasteiger partial charge in [-0.25, -0.2) is 9.59 Å². The van der Waals surface area contributed by atoms with Gasteiger partial charge in [-0.3, -0.25) is 0 Å². The van der Waals surface area contributed by atoms with Crippen molar-refractivity contribution in [2.24, 2.45) is 0 Å². The van der Waals surface area contributed by atoms with Crippen LogP contribution in [0.15, 0.2) is 22.7 Å². The maximum Gasteiger partial charge on any atom is 0.347 e. The molecular formula is C13H16BrNO4. The predicted octanol–water partition coefficient (Wildman–Crippen LogP) is 2.53. The van der Waals surface area contributed by atoms with Crippen molar-refractivity contribution in [1.82, 2.24) is 0 Å². The molecule has 0 saturated heterocycles. The molecule has 0 heterocycles. The fourth-order valence-electron chi connectivity index (χ4n) is 1.43. The molecule has 1 aromatic carbocycles. The van der Waals surface area contributed by atoms with Crippen LogP contribution >= 0.6 is 15.9 Å². The number of nitrogens with two attached hydrogens (primary N) is 1. The van der Waals surface area contributed by atoms with Crippen LogP contribution in [-0.2, 0) is 14.3 Å². The Morgan fingerprint density at radius 3 is 2.63 bits per heavy atom. The minimum Gasteiger partial charge on any atom is -0.463 e. The van der Waals surface area contributed by atoms with Crippen molar-refractivity contribution in [3.05, 3.63) is 28.2 Å². The Kier molecular flexibility index (Phi) is 5.82. The molecule has 0 aliphatic heterocycles. The Morgan fingerprint density at radius 2 is 2.05 bits per heavy atom. The van der Waals surface area contributed by atoms with E-state index in [1.807, 2.05) is 0 Å². The summed E-state index contributed by atoms with van der Waals surface area (Å²) in [6.45, 7) is 3.68. The molecule has 0 saturated carbocycles. The molecule has 5 nitrogen and oxygen atoms in total. The zero-order valence-electron chi connectivity index (χ0n) is 10.8. The molecule has 0 fully saturated rings. The zero-order valence-corrected chi connectivity index (χ0v) is 12.4. The molecular weight excluding hydrogens is 314 g/mol. The Bertz CT molecular complexity index is 476. The number of carbonyl (C=O) groups is 2. The third kappa shape index (κ3) is 3.96. The van der Waals surface area contributed by atoms with Gasteiger partial charge in [0.1, 0.15) is 0 Å². The van der Waals surface area contributed by atoms with E-state index in [1.165, 1.54) is 0 Å². The van der Waals surface area contributed by atoms with Gasteiger partial charge in [-0.05, 0) is 41.4 Å². The lowest BCUT2D eigenvalue weighted by molar-refractivity contribution is -0.153. The molecule has 2 N–H and O–H groups in total. The third-order valence-corrected chi connectivity index (χ3v) is 3.30. The van der Waals surface area contributed by atoms with Crippen LogP contribution in [-0.4, -0.2) is 24.6 Å². The summed E-state index contributed by atoms with van der Waals surface area (Å²) >= 11 is 3.22. The maximum atomic E-state index is 12.0. The first-order valence-electron chi connectivity index (χ1n) is 5.92. The molecule has 0 aliphatic carbocycles. The summed E-state index contributed by atoms with van der Waals surface area (Å²) < 4.78 is 10.4. The zero-order chi connectivity index (χ0) is 14.4. The Morgan fingerprint density at radius 1 is 1.37 bits per heavy atom. The minimum absolute atomic E-state index is 0.245. The van der Waals surface area contributed by atoms with Crippen LogP contribution in [0.5, 0.6) is 0 Å². The summed E-state index contributed by atoms with van der Waals surface area (Å²) in [6.07, 6.45) is -0.550. The monoisotopic (exact) mass is 329 g/mol. The van der Waals surface area contributed by atoms with E-state index in [-0.39, 0.29) is 12.2 Å². The Balaban J connectivity index is 2.83. The number of anilines is 1. The van der Waals surface area contributed by atoms with Crippen molar-refractivity contribution >= 4 is 33.6 Å². The average molecular weight is 330 g/mol. The van der Waals surface area contributed by atoms with Gasteiger partial charge in [0.05, 0.1) is 16.6 Å². The molecule has 0 bridgehead atoms. The summed E-state index contributed by atoms with van der Waals surface area (Å²) in [5, 5.41) is 0. The van der Waals surface area contributed by atoms with E-state index in [0.29, 0.717) is 16.6 Å². The highest BCUT2D eigenvalue weighted by atomic mass is 79.9. The topological polar surface area (TPSA) is 78.6 Å². The molecule has 1 unspecified atom stereocenters. The molecule has 1 atom stereocenters. The van der Waals surface area contributed by atoms with Gasteiger partial charge in [0.25, 0.3) is 0 Å². The van der Waals surface area contributed by atoms with Crippen molar-refractivity contribution in [3.8, 4) is 0 Å². The summed E-state index contributed by atoms with van der Waals surface area (Å²) in [5.41, 5.74) is 6.39. The second kappa shape index (κ2) is 7.13. The number of hydrogen-bond acceptors (Lipinski definition) is 5. The van der Waals surface area contributed by atoms with Crippen molar-refractivity contribution in [2.75, 3.05) is 12.3 Å². The minimum atomic E-state index is -0.902. The number of halogens is 1. The summed E-state index contributed by atoms with van der Waals surface area (Å²) in [5.74, 6) is -1.16. The highest BCUT2D eigenvalue weighted by Crippen LogP contribution is 2.24. The number of ether oxygens (including phenoxy) is 2. The second-order valence-electron chi connectivity index (χ2n) is 3.76. The van der Waals surface area contributed by atoms with Crippen LogP contribution in [0.4, 0.5) is 5.69 Å². The molecule has 0 radical (unpaired) electrons. The van der Waals surface area contributed by atoms with Gasteiger partial charge in [0, 0.05) is 5.69 Å². The smallest absolute Gasteiger partial charge is 0.347 e. The van der Waals surface area contributed by atoms with Gasteiger partial charge in [0.15, 0.2) is 6.10 Å². The number of nitrogen functional groups attached to an aromatic ring is 1. The van der Waals surface area contributed by atoms with E-state index in [9.17, 15) is 9.59 Å². The standard InChI is InChI=1S/C13H16BrNO4/c1-3-10(13(17)18-4-2)19-12(16)8-6-5-7-9(15)11(8)14/h5-7,10H,3-4,15H2,1-2H3. The van der Waals surface area contributed by atoms with Gasteiger partial charge >= 0.3 is 11.9 Å². The summed E-state index contributed by atoms with van der Waals surface area (Å²) in [7, 11) is 0. The predicted molar refractivity (Wildman–Crippen MR) is 74.7 cm³/mol. The van der Waals surface area contributed by atoms with Crippen molar-refractivity contribution in [3.63, 3.8) is 0 Å². The molecule has 1 aromatic rings. The lowest BCUT2D eigenvalue weighted by atomic mass is 10.2. The first-order chi connectivity index (χ1) is 9.01. The molecule has 0 amide bonds. The summed E-state index contributed by atoms with van der Waals surface area (Å²) in [4.78, 5) is 23.5. The van der Waals surface area contributed by atoms with Crippen LogP contribution in [0.3, 0.4) is 0 Å². The van der Waals surface area contributed by atoms with Gasteiger partial charge < -0.3 is 15.2 Å². The normalized spacial score (nSPS) is 11.7. The largest absolute Gasteiger partial charge is 0.463 e. The van der Waals surface area contributed by atoms with Crippen LogP contribution in [0, 0.1) is 0 Å². The van der Waals surface area contributed by atoms with Crippen LogP contribution in [0.1, 0.15) is 30.6 Å². The second-order valence-corrected chi connectivity index (χ2v) is 4.56. The van der Waals surface area contributed by atoms with Gasteiger partial charge in [-0.1, -0.05) is 13.0 Å². The average Bonchev–Trinajstić information content (AvgIpc) is 2.39. The van der Waals surface area contributed by atoms with Crippen LogP contribution in [0.25, 0.3) is 0 Å².